The first-order valence-electron chi connectivity index (χ1n) is 6.68. The smallest absolute Gasteiger partial charge is 0.166 e. The molecular formula is C13H22O4. The van der Waals surface area contributed by atoms with E-state index in [9.17, 15) is 4.79 Å². The fraction of sp³-hybridized carbons (Fsp3) is 0.923. The fourth-order valence-electron chi connectivity index (χ4n) is 2.23. The molecule has 1 aliphatic carbocycles. The van der Waals surface area contributed by atoms with E-state index in [4.69, 9.17) is 14.2 Å². The molecule has 3 atom stereocenters. The molecule has 0 aromatic carbocycles. The number of hydrogen-bond donors (Lipinski definition) is 0. The molecule has 0 aromatic heterocycles. The number of carbonyl (C=O) groups is 1. The van der Waals surface area contributed by atoms with Crippen molar-refractivity contribution in [1.82, 2.24) is 0 Å². The summed E-state index contributed by atoms with van der Waals surface area (Å²) in [5, 5.41) is 0. The van der Waals surface area contributed by atoms with Crippen molar-refractivity contribution in [3.05, 3.63) is 0 Å². The van der Waals surface area contributed by atoms with Crippen LogP contribution in [0.5, 0.6) is 0 Å². The lowest BCUT2D eigenvalue weighted by atomic mass is 9.90. The first-order valence-corrected chi connectivity index (χ1v) is 6.68. The van der Waals surface area contributed by atoms with E-state index in [0.29, 0.717) is 19.6 Å². The molecule has 0 radical (unpaired) electrons. The maximum atomic E-state index is 11.4. The molecule has 2 fully saturated rings. The normalized spacial score (nSPS) is 33.5. The predicted octanol–water partition coefficient (Wildman–Crippen LogP) is 1.71. The Morgan fingerprint density at radius 2 is 2.24 bits per heavy atom. The fourth-order valence-corrected chi connectivity index (χ4v) is 2.23. The SMILES string of the molecule is CCCOC1C(=O)CC1OCC1CCCCO1. The van der Waals surface area contributed by atoms with Crippen molar-refractivity contribution in [2.24, 2.45) is 0 Å². The molecule has 0 N–H and O–H groups in total. The van der Waals surface area contributed by atoms with Gasteiger partial charge in [-0.2, -0.15) is 0 Å². The van der Waals surface area contributed by atoms with Gasteiger partial charge in [0.05, 0.1) is 18.8 Å². The van der Waals surface area contributed by atoms with Gasteiger partial charge in [-0.15, -0.1) is 0 Å². The minimum Gasteiger partial charge on any atom is -0.376 e. The van der Waals surface area contributed by atoms with Crippen molar-refractivity contribution in [3.8, 4) is 0 Å². The second-order valence-corrected chi connectivity index (χ2v) is 4.82. The van der Waals surface area contributed by atoms with Gasteiger partial charge in [0.25, 0.3) is 0 Å². The summed E-state index contributed by atoms with van der Waals surface area (Å²) < 4.78 is 16.8. The van der Waals surface area contributed by atoms with Gasteiger partial charge in [-0.1, -0.05) is 6.92 Å². The molecule has 0 amide bonds. The van der Waals surface area contributed by atoms with Gasteiger partial charge in [0.15, 0.2) is 5.78 Å². The highest BCUT2D eigenvalue weighted by molar-refractivity contribution is 5.90. The van der Waals surface area contributed by atoms with Crippen LogP contribution in [0.25, 0.3) is 0 Å². The van der Waals surface area contributed by atoms with Crippen LogP contribution in [0.3, 0.4) is 0 Å². The summed E-state index contributed by atoms with van der Waals surface area (Å²) in [7, 11) is 0. The molecule has 98 valence electrons. The van der Waals surface area contributed by atoms with Crippen LogP contribution in [0.15, 0.2) is 0 Å². The van der Waals surface area contributed by atoms with Gasteiger partial charge in [0, 0.05) is 19.6 Å². The van der Waals surface area contributed by atoms with Gasteiger partial charge in [-0.3, -0.25) is 4.79 Å². The molecule has 17 heavy (non-hydrogen) atoms. The zero-order valence-corrected chi connectivity index (χ0v) is 10.5. The van der Waals surface area contributed by atoms with Crippen molar-refractivity contribution in [2.45, 2.75) is 57.3 Å². The summed E-state index contributed by atoms with van der Waals surface area (Å²) in [5.41, 5.74) is 0. The number of ketones is 1. The summed E-state index contributed by atoms with van der Waals surface area (Å²) >= 11 is 0. The maximum Gasteiger partial charge on any atom is 0.166 e. The third-order valence-corrected chi connectivity index (χ3v) is 3.33. The molecule has 0 bridgehead atoms. The largest absolute Gasteiger partial charge is 0.376 e. The summed E-state index contributed by atoms with van der Waals surface area (Å²) in [4.78, 5) is 11.4. The molecule has 1 aliphatic heterocycles. The van der Waals surface area contributed by atoms with Crippen LogP contribution in [0, 0.1) is 0 Å². The molecule has 0 spiro atoms. The van der Waals surface area contributed by atoms with Crippen LogP contribution >= 0.6 is 0 Å². The highest BCUT2D eigenvalue weighted by Crippen LogP contribution is 2.24. The van der Waals surface area contributed by atoms with Crippen molar-refractivity contribution >= 4 is 5.78 Å². The van der Waals surface area contributed by atoms with E-state index in [-0.39, 0.29) is 24.1 Å². The summed E-state index contributed by atoms with van der Waals surface area (Å²) in [6.07, 6.45) is 4.72. The molecule has 1 heterocycles. The van der Waals surface area contributed by atoms with Gasteiger partial charge < -0.3 is 14.2 Å². The Labute approximate surface area is 103 Å². The quantitative estimate of drug-likeness (QED) is 0.711. The second-order valence-electron chi connectivity index (χ2n) is 4.82. The Kier molecular flexibility index (Phi) is 4.95. The molecule has 1 saturated heterocycles. The molecule has 2 aliphatic rings. The topological polar surface area (TPSA) is 44.8 Å². The average Bonchev–Trinajstić information content (AvgIpc) is 2.36. The van der Waals surface area contributed by atoms with E-state index in [1.165, 1.54) is 6.42 Å². The van der Waals surface area contributed by atoms with Gasteiger partial charge >= 0.3 is 0 Å². The van der Waals surface area contributed by atoms with Crippen LogP contribution in [0.4, 0.5) is 0 Å². The second kappa shape index (κ2) is 6.47. The third-order valence-electron chi connectivity index (χ3n) is 3.33. The Hall–Kier alpha value is -0.450. The predicted molar refractivity (Wildman–Crippen MR) is 63.0 cm³/mol. The van der Waals surface area contributed by atoms with Crippen molar-refractivity contribution < 1.29 is 19.0 Å². The van der Waals surface area contributed by atoms with E-state index in [1.807, 2.05) is 6.92 Å². The van der Waals surface area contributed by atoms with Crippen LogP contribution in [-0.4, -0.2) is 43.9 Å². The van der Waals surface area contributed by atoms with Crippen molar-refractivity contribution in [2.75, 3.05) is 19.8 Å². The molecule has 4 nitrogen and oxygen atoms in total. The standard InChI is InChI=1S/C13H22O4/c1-2-6-16-13-11(14)8-12(13)17-9-10-5-3-4-7-15-10/h10,12-13H,2-9H2,1H3. The van der Waals surface area contributed by atoms with E-state index < -0.39 is 0 Å². The lowest BCUT2D eigenvalue weighted by molar-refractivity contribution is -0.172. The summed E-state index contributed by atoms with van der Waals surface area (Å²) in [5.74, 6) is 0.174. The van der Waals surface area contributed by atoms with Crippen LogP contribution in [0.1, 0.15) is 39.0 Å². The van der Waals surface area contributed by atoms with E-state index in [2.05, 4.69) is 0 Å². The van der Waals surface area contributed by atoms with Crippen LogP contribution in [-0.2, 0) is 19.0 Å². The van der Waals surface area contributed by atoms with Gasteiger partial charge in [0.1, 0.15) is 6.10 Å². The number of rotatable bonds is 6. The lowest BCUT2D eigenvalue weighted by Crippen LogP contribution is -2.51. The monoisotopic (exact) mass is 242 g/mol. The minimum atomic E-state index is -0.321. The van der Waals surface area contributed by atoms with E-state index in [0.717, 1.165) is 25.9 Å². The minimum absolute atomic E-state index is 0.0421. The highest BCUT2D eigenvalue weighted by Gasteiger charge is 2.41. The Morgan fingerprint density at radius 3 is 2.88 bits per heavy atom. The molecular weight excluding hydrogens is 220 g/mol. The van der Waals surface area contributed by atoms with Crippen LogP contribution < -0.4 is 0 Å². The van der Waals surface area contributed by atoms with Crippen LogP contribution in [0.2, 0.25) is 0 Å². The highest BCUT2D eigenvalue weighted by atomic mass is 16.6. The van der Waals surface area contributed by atoms with E-state index >= 15 is 0 Å². The van der Waals surface area contributed by atoms with E-state index in [1.54, 1.807) is 0 Å². The maximum absolute atomic E-state index is 11.4. The summed E-state index contributed by atoms with van der Waals surface area (Å²) in [6, 6.07) is 0. The number of ether oxygens (including phenoxy) is 3. The zero-order valence-electron chi connectivity index (χ0n) is 10.5. The Balaban J connectivity index is 1.66. The van der Waals surface area contributed by atoms with Gasteiger partial charge in [-0.25, -0.2) is 0 Å². The molecule has 4 heteroatoms. The Morgan fingerprint density at radius 1 is 1.35 bits per heavy atom. The average molecular weight is 242 g/mol. The molecule has 2 rings (SSSR count). The number of hydrogen-bond acceptors (Lipinski definition) is 4. The first kappa shape index (κ1) is 13.0. The van der Waals surface area contributed by atoms with Crippen molar-refractivity contribution in [1.29, 1.82) is 0 Å². The first-order chi connectivity index (χ1) is 8.31. The van der Waals surface area contributed by atoms with Gasteiger partial charge in [-0.05, 0) is 25.7 Å². The molecule has 3 unspecified atom stereocenters. The lowest BCUT2D eigenvalue weighted by Gasteiger charge is -2.35. The molecule has 1 saturated carbocycles. The zero-order chi connectivity index (χ0) is 12.1. The Bertz CT molecular complexity index is 248. The summed E-state index contributed by atoms with van der Waals surface area (Å²) in [6.45, 7) is 4.11. The van der Waals surface area contributed by atoms with Crippen molar-refractivity contribution in [3.63, 3.8) is 0 Å². The van der Waals surface area contributed by atoms with Gasteiger partial charge in [0.2, 0.25) is 0 Å². The number of carbonyl (C=O) groups excluding carboxylic acids is 1. The number of Topliss-reactive ketones (excluding diaryl/α,β-unsaturated/α-hetero) is 1. The third kappa shape index (κ3) is 3.50. The molecule has 0 aromatic rings.